The van der Waals surface area contributed by atoms with Gasteiger partial charge in [-0.15, -0.1) is 0 Å². The molecule has 0 radical (unpaired) electrons. The normalized spacial score (nSPS) is 16.6. The van der Waals surface area contributed by atoms with E-state index < -0.39 is 6.49 Å². The van der Waals surface area contributed by atoms with E-state index in [0.29, 0.717) is 0 Å². The smallest absolute Gasteiger partial charge is 0.202 e. The van der Waals surface area contributed by atoms with Crippen molar-refractivity contribution in [3.63, 3.8) is 0 Å². The van der Waals surface area contributed by atoms with Crippen LogP contribution in [0, 0.1) is 0 Å². The Labute approximate surface area is 84.3 Å². The van der Waals surface area contributed by atoms with Crippen molar-refractivity contribution in [3.8, 4) is 0 Å². The molecule has 0 saturated heterocycles. The second-order valence-corrected chi connectivity index (χ2v) is 8.39. The molecule has 1 aromatic carbocycles. The van der Waals surface area contributed by atoms with Gasteiger partial charge in [0.25, 0.3) is 0 Å². The maximum absolute atomic E-state index is 12.2. The highest BCUT2D eigenvalue weighted by Crippen LogP contribution is 2.60. The highest BCUT2D eigenvalue weighted by molar-refractivity contribution is 7.96. The first-order valence-corrected chi connectivity index (χ1v) is 6.82. The van der Waals surface area contributed by atoms with Gasteiger partial charge in [-0.25, -0.2) is 0 Å². The molecule has 1 rings (SSSR count). The van der Waals surface area contributed by atoms with E-state index in [1.54, 1.807) is 0 Å². The van der Waals surface area contributed by atoms with Crippen molar-refractivity contribution in [2.45, 2.75) is 25.9 Å². The van der Waals surface area contributed by atoms with Gasteiger partial charge in [-0.3, -0.25) is 0 Å². The third kappa shape index (κ3) is 2.15. The van der Waals surface area contributed by atoms with Crippen molar-refractivity contribution >= 4 is 23.0 Å². The van der Waals surface area contributed by atoms with Gasteiger partial charge in [-0.05, 0) is 11.2 Å². The maximum Gasteiger partial charge on any atom is 0.202 e. The van der Waals surface area contributed by atoms with Crippen LogP contribution in [0.2, 0.25) is 0 Å². The van der Waals surface area contributed by atoms with Crippen LogP contribution in [0.5, 0.6) is 0 Å². The number of halogens is 1. The Balaban J connectivity index is 3.17. The van der Waals surface area contributed by atoms with E-state index in [1.165, 1.54) is 0 Å². The predicted octanol–water partition coefficient (Wildman–Crippen LogP) is 3.63. The Kier molecular flexibility index (Phi) is 2.89. The molecule has 72 valence electrons. The minimum Gasteiger partial charge on any atom is -0.301 e. The Morgan fingerprint density at radius 2 is 1.62 bits per heavy atom. The molecule has 0 spiro atoms. The van der Waals surface area contributed by atoms with Crippen molar-refractivity contribution in [2.75, 3.05) is 0 Å². The highest BCUT2D eigenvalue weighted by atomic mass is 35.7. The van der Waals surface area contributed by atoms with Crippen molar-refractivity contribution in [3.05, 3.63) is 30.3 Å². The standard InChI is InChI=1S/C10H14ClOP/c1-10(2,3)13(11,12)9-7-5-4-6-8-9/h4-8H,1-3H3/t13-/m1/s1. The zero-order chi connectivity index (χ0) is 10.1. The minimum atomic E-state index is -2.76. The molecule has 0 aliphatic carbocycles. The van der Waals surface area contributed by atoms with E-state index >= 15 is 0 Å². The monoisotopic (exact) mass is 216 g/mol. The molecule has 0 aliphatic rings. The van der Waals surface area contributed by atoms with Gasteiger partial charge in [0.1, 0.15) is 0 Å². The first kappa shape index (κ1) is 10.8. The van der Waals surface area contributed by atoms with E-state index in [1.807, 2.05) is 51.1 Å². The summed E-state index contributed by atoms with van der Waals surface area (Å²) in [5, 5.41) is 0.361. The Morgan fingerprint density at radius 3 is 2.00 bits per heavy atom. The number of hydrogen-bond donors (Lipinski definition) is 0. The van der Waals surface area contributed by atoms with Crippen molar-refractivity contribution in [1.29, 1.82) is 0 Å². The van der Waals surface area contributed by atoms with Crippen LogP contribution in [0.4, 0.5) is 0 Å². The molecule has 0 bridgehead atoms. The van der Waals surface area contributed by atoms with E-state index in [2.05, 4.69) is 0 Å². The highest BCUT2D eigenvalue weighted by Gasteiger charge is 2.35. The van der Waals surface area contributed by atoms with Crippen LogP contribution in [0.3, 0.4) is 0 Å². The van der Waals surface area contributed by atoms with Gasteiger partial charge in [0, 0.05) is 10.5 Å². The fraction of sp³-hybridized carbons (Fsp3) is 0.400. The van der Waals surface area contributed by atoms with Gasteiger partial charge in [0.2, 0.25) is 6.49 Å². The summed E-state index contributed by atoms with van der Waals surface area (Å²) in [6.07, 6.45) is 0. The molecule has 13 heavy (non-hydrogen) atoms. The molecule has 0 amide bonds. The Bertz CT molecular complexity index is 327. The summed E-state index contributed by atoms with van der Waals surface area (Å²) < 4.78 is 12.2. The molecule has 3 heteroatoms. The third-order valence-electron chi connectivity index (χ3n) is 1.95. The molecule has 0 aliphatic heterocycles. The molecular weight excluding hydrogens is 203 g/mol. The summed E-state index contributed by atoms with van der Waals surface area (Å²) in [7, 11) is 0. The summed E-state index contributed by atoms with van der Waals surface area (Å²) in [5.41, 5.74) is 0. The zero-order valence-electron chi connectivity index (χ0n) is 8.12. The summed E-state index contributed by atoms with van der Waals surface area (Å²) in [6.45, 7) is 2.93. The maximum atomic E-state index is 12.2. The van der Waals surface area contributed by atoms with Crippen LogP contribution in [-0.2, 0) is 4.57 Å². The van der Waals surface area contributed by atoms with Gasteiger partial charge in [0.05, 0.1) is 0 Å². The SMILES string of the molecule is CC(C)(C)[P@@](=O)(Cl)c1ccccc1. The van der Waals surface area contributed by atoms with Crippen LogP contribution in [-0.4, -0.2) is 5.16 Å². The van der Waals surface area contributed by atoms with Gasteiger partial charge in [-0.1, -0.05) is 51.1 Å². The molecule has 1 aromatic rings. The summed E-state index contributed by atoms with van der Waals surface area (Å²) >= 11 is 6.09. The van der Waals surface area contributed by atoms with Crippen LogP contribution < -0.4 is 5.30 Å². The Morgan fingerprint density at radius 1 is 1.15 bits per heavy atom. The molecule has 0 fully saturated rings. The summed E-state index contributed by atoms with van der Waals surface area (Å²) in [6, 6.07) is 9.24. The molecule has 0 heterocycles. The predicted molar refractivity (Wildman–Crippen MR) is 59.3 cm³/mol. The topological polar surface area (TPSA) is 17.1 Å². The first-order valence-electron chi connectivity index (χ1n) is 4.21. The van der Waals surface area contributed by atoms with Gasteiger partial charge >= 0.3 is 0 Å². The zero-order valence-corrected chi connectivity index (χ0v) is 9.77. The average molecular weight is 217 g/mol. The second-order valence-electron chi connectivity index (χ2n) is 4.04. The van der Waals surface area contributed by atoms with E-state index in [0.717, 1.165) is 5.30 Å². The number of rotatable bonds is 1. The first-order chi connectivity index (χ1) is 5.86. The Hall–Kier alpha value is -0.260. The lowest BCUT2D eigenvalue weighted by atomic mass is 10.3. The fourth-order valence-corrected chi connectivity index (χ4v) is 2.68. The quantitative estimate of drug-likeness (QED) is 0.656. The third-order valence-corrected chi connectivity index (χ3v) is 6.75. The van der Waals surface area contributed by atoms with Gasteiger partial charge < -0.3 is 4.57 Å². The van der Waals surface area contributed by atoms with Gasteiger partial charge in [0.15, 0.2) is 0 Å². The lowest BCUT2D eigenvalue weighted by Crippen LogP contribution is -2.19. The molecule has 0 aromatic heterocycles. The molecule has 1 atom stereocenters. The van der Waals surface area contributed by atoms with Crippen LogP contribution >= 0.6 is 17.7 Å². The number of hydrogen-bond acceptors (Lipinski definition) is 1. The molecule has 0 saturated carbocycles. The molecule has 1 nitrogen and oxygen atoms in total. The van der Waals surface area contributed by atoms with Gasteiger partial charge in [-0.2, -0.15) is 0 Å². The van der Waals surface area contributed by atoms with Crippen LogP contribution in [0.25, 0.3) is 0 Å². The summed E-state index contributed by atoms with van der Waals surface area (Å²) in [5.74, 6) is 0. The lowest BCUT2D eigenvalue weighted by molar-refractivity contribution is 0.567. The number of benzene rings is 1. The van der Waals surface area contributed by atoms with E-state index in [9.17, 15) is 4.57 Å². The van der Waals surface area contributed by atoms with E-state index in [4.69, 9.17) is 11.2 Å². The molecular formula is C10H14ClOP. The van der Waals surface area contributed by atoms with Crippen LogP contribution in [0.1, 0.15) is 20.8 Å². The second kappa shape index (κ2) is 3.48. The summed E-state index contributed by atoms with van der Waals surface area (Å²) in [4.78, 5) is 0. The van der Waals surface area contributed by atoms with Crippen molar-refractivity contribution < 1.29 is 4.57 Å². The fourth-order valence-electron chi connectivity index (χ4n) is 1.01. The lowest BCUT2D eigenvalue weighted by Gasteiger charge is -2.25. The van der Waals surface area contributed by atoms with Crippen molar-refractivity contribution in [2.24, 2.45) is 0 Å². The average Bonchev–Trinajstić information content (AvgIpc) is 2.04. The van der Waals surface area contributed by atoms with E-state index in [-0.39, 0.29) is 5.16 Å². The largest absolute Gasteiger partial charge is 0.301 e. The molecule has 0 N–H and O–H groups in total. The van der Waals surface area contributed by atoms with Crippen molar-refractivity contribution in [1.82, 2.24) is 0 Å². The molecule has 0 unspecified atom stereocenters. The minimum absolute atomic E-state index is 0.379. The van der Waals surface area contributed by atoms with Crippen LogP contribution in [0.15, 0.2) is 30.3 Å².